The van der Waals surface area contributed by atoms with E-state index < -0.39 is 47.2 Å². The van der Waals surface area contributed by atoms with Crippen molar-refractivity contribution in [3.8, 4) is 11.5 Å². The molecular weight excluding hydrogens is 709 g/mol. The van der Waals surface area contributed by atoms with Crippen molar-refractivity contribution in [2.24, 2.45) is 11.8 Å². The smallest absolute Gasteiger partial charge is 0.329 e. The molecule has 290 valence electrons. The third-order valence-electron chi connectivity index (χ3n) is 9.14. The molecule has 2 bridgehead atoms. The van der Waals surface area contributed by atoms with Gasteiger partial charge in [-0.2, -0.15) is 0 Å². The first-order valence-corrected chi connectivity index (χ1v) is 19.3. The van der Waals surface area contributed by atoms with Crippen LogP contribution in [0.1, 0.15) is 64.5 Å². The second-order valence-electron chi connectivity index (χ2n) is 13.7. The number of ether oxygens (including phenoxy) is 3. The number of fused-ring (bicyclic) bond motifs is 13. The predicted octanol–water partition coefficient (Wildman–Crippen LogP) is 4.93. The van der Waals surface area contributed by atoms with Crippen molar-refractivity contribution >= 4 is 41.4 Å². The van der Waals surface area contributed by atoms with Crippen LogP contribution < -0.4 is 30.7 Å². The van der Waals surface area contributed by atoms with Gasteiger partial charge in [0, 0.05) is 17.7 Å². The van der Waals surface area contributed by atoms with E-state index in [1.807, 2.05) is 70.2 Å². The summed E-state index contributed by atoms with van der Waals surface area (Å²) in [5, 5.41) is 10.1. The molecule has 0 spiro atoms. The van der Waals surface area contributed by atoms with Crippen molar-refractivity contribution in [2.45, 2.75) is 94.8 Å². The van der Waals surface area contributed by atoms with Crippen molar-refractivity contribution in [3.63, 3.8) is 0 Å². The van der Waals surface area contributed by atoms with Gasteiger partial charge < -0.3 is 35.5 Å². The van der Waals surface area contributed by atoms with Crippen LogP contribution in [0.4, 0.5) is 0 Å². The van der Waals surface area contributed by atoms with Gasteiger partial charge in [0.05, 0.1) is 13.7 Å². The van der Waals surface area contributed by atoms with Crippen LogP contribution in [0.25, 0.3) is 0 Å². The molecule has 5 rings (SSSR count). The molecule has 0 saturated heterocycles. The standard InChI is InChI=1S/C41H52N4O8S/c1-6-27(4)36(41(50)53-25-29-12-8-7-9-13-29)44-39(49)40(54-32-21-19-30(51-5)20-22-32)45-37(47)33-24-28-15-17-31(18-16-28)52-23-11-10-14-34(46)43-35(26(2)3)38(48)42-33/h7-9,12-13,15-22,26-27,33,35-36,40H,6,10-11,14,23-25H2,1-5H3,(H,42,48)(H,43,46)(H,44,49)(H,45,47)/t27-,33-,35-,36-,40-/m0/s1. The lowest BCUT2D eigenvalue weighted by Gasteiger charge is -2.28. The van der Waals surface area contributed by atoms with Gasteiger partial charge in [-0.25, -0.2) is 4.79 Å². The normalized spacial score (nSPS) is 18.3. The van der Waals surface area contributed by atoms with Crippen LogP contribution in [-0.4, -0.2) is 66.8 Å². The maximum atomic E-state index is 14.3. The lowest BCUT2D eigenvalue weighted by Crippen LogP contribution is -2.58. The van der Waals surface area contributed by atoms with Crippen LogP contribution in [0, 0.1) is 11.8 Å². The molecule has 54 heavy (non-hydrogen) atoms. The number of amides is 4. The molecule has 4 amide bonds. The molecule has 0 saturated carbocycles. The molecule has 0 aliphatic carbocycles. The largest absolute Gasteiger partial charge is 0.497 e. The molecule has 0 unspecified atom stereocenters. The Morgan fingerprint density at radius 3 is 2.26 bits per heavy atom. The molecular formula is C41H52N4O8S. The zero-order valence-electron chi connectivity index (χ0n) is 31.6. The number of carbonyl (C=O) groups excluding carboxylic acids is 5. The fraction of sp³-hybridized carbons (Fsp3) is 0.439. The fourth-order valence-electron chi connectivity index (χ4n) is 5.67. The SMILES string of the molecule is CC[C@H](C)[C@H](NC(=O)[C@@H](NC(=O)[C@@H]1Cc2ccc(cc2)OCCCCC(=O)N[C@@H](C(C)C)C(=O)N1)Sc1ccc(OC)cc1)C(=O)OCc1ccccc1. The molecule has 0 fully saturated rings. The second-order valence-corrected chi connectivity index (χ2v) is 14.8. The van der Waals surface area contributed by atoms with E-state index in [1.54, 1.807) is 43.5 Å². The lowest BCUT2D eigenvalue weighted by atomic mass is 9.99. The third kappa shape index (κ3) is 12.8. The molecule has 5 atom stereocenters. The third-order valence-corrected chi connectivity index (χ3v) is 10.3. The van der Waals surface area contributed by atoms with Gasteiger partial charge in [0.25, 0.3) is 5.91 Å². The Morgan fingerprint density at radius 1 is 0.907 bits per heavy atom. The van der Waals surface area contributed by atoms with Gasteiger partial charge in [-0.05, 0) is 72.2 Å². The highest BCUT2D eigenvalue weighted by Gasteiger charge is 2.34. The monoisotopic (exact) mass is 760 g/mol. The molecule has 3 aromatic rings. The number of carbonyl (C=O) groups is 5. The maximum absolute atomic E-state index is 14.3. The number of nitrogens with one attached hydrogen (secondary N) is 4. The Morgan fingerprint density at radius 2 is 1.61 bits per heavy atom. The summed E-state index contributed by atoms with van der Waals surface area (Å²) in [7, 11) is 1.55. The molecule has 0 aromatic heterocycles. The Bertz CT molecular complexity index is 1690. The summed E-state index contributed by atoms with van der Waals surface area (Å²) in [5.74, 6) is -1.96. The van der Waals surface area contributed by atoms with Crippen LogP contribution >= 0.6 is 11.8 Å². The van der Waals surface area contributed by atoms with Gasteiger partial charge in [0.15, 0.2) is 5.37 Å². The summed E-state index contributed by atoms with van der Waals surface area (Å²) in [6, 6.07) is 20.4. The van der Waals surface area contributed by atoms with Crippen LogP contribution in [0.15, 0.2) is 83.8 Å². The molecule has 4 N–H and O–H groups in total. The fourth-order valence-corrected chi connectivity index (χ4v) is 6.59. The Kier molecular flexibility index (Phi) is 16.2. The molecule has 2 heterocycles. The first-order chi connectivity index (χ1) is 26.0. The molecule has 12 nitrogen and oxygen atoms in total. The predicted molar refractivity (Wildman–Crippen MR) is 207 cm³/mol. The molecule has 3 aromatic carbocycles. The van der Waals surface area contributed by atoms with Crippen LogP contribution in [0.5, 0.6) is 11.5 Å². The summed E-state index contributed by atoms with van der Waals surface area (Å²) in [6.07, 6.45) is 2.13. The lowest BCUT2D eigenvalue weighted by molar-refractivity contribution is -0.150. The highest BCUT2D eigenvalue weighted by atomic mass is 32.2. The average Bonchev–Trinajstić information content (AvgIpc) is 3.17. The highest BCUT2D eigenvalue weighted by Crippen LogP contribution is 2.26. The zero-order valence-corrected chi connectivity index (χ0v) is 32.4. The molecule has 13 heteroatoms. The summed E-state index contributed by atoms with van der Waals surface area (Å²) < 4.78 is 16.8. The van der Waals surface area contributed by atoms with Crippen molar-refractivity contribution in [1.29, 1.82) is 0 Å². The van der Waals surface area contributed by atoms with E-state index in [2.05, 4.69) is 21.3 Å². The zero-order chi connectivity index (χ0) is 39.0. The quantitative estimate of drug-likeness (QED) is 0.108. The van der Waals surface area contributed by atoms with Crippen LogP contribution in [-0.2, 0) is 41.7 Å². The van der Waals surface area contributed by atoms with Gasteiger partial charge in [-0.3, -0.25) is 19.2 Å². The Labute approximate surface area is 321 Å². The first kappa shape index (κ1) is 41.7. The number of hydrogen-bond donors (Lipinski definition) is 4. The molecule has 2 aliphatic rings. The number of esters is 1. The minimum atomic E-state index is -1.23. The van der Waals surface area contributed by atoms with E-state index in [0.717, 1.165) is 22.9 Å². The number of hydrogen-bond acceptors (Lipinski definition) is 9. The van der Waals surface area contributed by atoms with E-state index in [1.165, 1.54) is 0 Å². The Balaban J connectivity index is 1.62. The number of benzene rings is 3. The van der Waals surface area contributed by atoms with Crippen LogP contribution in [0.2, 0.25) is 0 Å². The maximum Gasteiger partial charge on any atom is 0.329 e. The van der Waals surface area contributed by atoms with E-state index in [-0.39, 0.29) is 37.2 Å². The summed E-state index contributed by atoms with van der Waals surface area (Å²) in [5.41, 5.74) is 1.54. The second kappa shape index (κ2) is 21.0. The summed E-state index contributed by atoms with van der Waals surface area (Å²) >= 11 is 1.07. The number of thioether (sulfide) groups is 1. The van der Waals surface area contributed by atoms with Crippen molar-refractivity contribution in [2.75, 3.05) is 13.7 Å². The first-order valence-electron chi connectivity index (χ1n) is 18.4. The van der Waals surface area contributed by atoms with Gasteiger partial charge in [0.2, 0.25) is 17.7 Å². The van der Waals surface area contributed by atoms with Crippen LogP contribution in [0.3, 0.4) is 0 Å². The molecule has 2 aliphatic heterocycles. The van der Waals surface area contributed by atoms with Gasteiger partial charge in [-0.1, -0.05) is 88.3 Å². The van der Waals surface area contributed by atoms with Gasteiger partial charge in [0.1, 0.15) is 36.2 Å². The Hall–Kier alpha value is -5.04. The minimum absolute atomic E-state index is 0.0373. The van der Waals surface area contributed by atoms with E-state index in [4.69, 9.17) is 14.2 Å². The summed E-state index contributed by atoms with van der Waals surface area (Å²) in [4.78, 5) is 69.0. The van der Waals surface area contributed by atoms with E-state index in [0.29, 0.717) is 42.3 Å². The summed E-state index contributed by atoms with van der Waals surface area (Å²) in [6.45, 7) is 7.85. The number of methoxy groups -OCH3 is 1. The van der Waals surface area contributed by atoms with Crippen molar-refractivity contribution in [1.82, 2.24) is 21.3 Å². The topological polar surface area (TPSA) is 161 Å². The van der Waals surface area contributed by atoms with E-state index in [9.17, 15) is 24.0 Å². The minimum Gasteiger partial charge on any atom is -0.497 e. The molecule has 0 radical (unpaired) electrons. The van der Waals surface area contributed by atoms with Gasteiger partial charge in [-0.15, -0.1) is 0 Å². The van der Waals surface area contributed by atoms with Gasteiger partial charge >= 0.3 is 5.97 Å². The van der Waals surface area contributed by atoms with Crippen molar-refractivity contribution in [3.05, 3.63) is 90.0 Å². The number of rotatable bonds is 13. The average molecular weight is 761 g/mol. The van der Waals surface area contributed by atoms with Crippen molar-refractivity contribution < 1.29 is 38.2 Å². The highest BCUT2D eigenvalue weighted by molar-refractivity contribution is 8.00. The van der Waals surface area contributed by atoms with E-state index >= 15 is 0 Å².